The van der Waals surface area contributed by atoms with Crippen LogP contribution in [-0.4, -0.2) is 34.9 Å². The van der Waals surface area contributed by atoms with Crippen molar-refractivity contribution in [3.05, 3.63) is 109 Å². The van der Waals surface area contributed by atoms with E-state index in [1.165, 1.54) is 89.9 Å². The van der Waals surface area contributed by atoms with Gasteiger partial charge in [0.05, 0.1) is 18.8 Å². The van der Waals surface area contributed by atoms with Crippen LogP contribution in [0.1, 0.15) is 187 Å². The van der Waals surface area contributed by atoms with E-state index in [1.54, 1.807) is 6.08 Å². The van der Waals surface area contributed by atoms with Crippen LogP contribution in [0.3, 0.4) is 0 Å². The molecule has 2 atom stereocenters. The number of nitrogens with one attached hydrogen (secondary N) is 1. The largest absolute Gasteiger partial charge is 0.394 e. The molecule has 0 aliphatic heterocycles. The SMILES string of the molecule is CC/C=C\C/C=C\C/C=C\C/C=C\C/C=C\C/C=C\C/C=C\CCCCCCCCCCCCCCCC(=O)NC(CO)C(O)/C=C/CC/C=C/CCCC. The minimum atomic E-state index is -0.865. The molecule has 0 bridgehead atoms. The average molecular weight is 760 g/mol. The Kier molecular flexibility index (Phi) is 43.0. The molecule has 0 aliphatic rings. The Morgan fingerprint density at radius 2 is 0.818 bits per heavy atom. The minimum absolute atomic E-state index is 0.0846. The Hall–Kier alpha value is -2.95. The molecule has 0 spiro atoms. The zero-order valence-corrected chi connectivity index (χ0v) is 35.6. The van der Waals surface area contributed by atoms with Crippen molar-refractivity contribution in [3.63, 3.8) is 0 Å². The molecule has 1 amide bonds. The molecule has 0 saturated carbocycles. The van der Waals surface area contributed by atoms with Gasteiger partial charge in [-0.1, -0.05) is 207 Å². The van der Waals surface area contributed by atoms with Gasteiger partial charge in [0.1, 0.15) is 0 Å². The van der Waals surface area contributed by atoms with Crippen molar-refractivity contribution in [1.29, 1.82) is 0 Å². The van der Waals surface area contributed by atoms with E-state index in [0.29, 0.717) is 6.42 Å². The third-order valence-corrected chi connectivity index (χ3v) is 9.49. The highest BCUT2D eigenvalue weighted by Crippen LogP contribution is 2.14. The first kappa shape index (κ1) is 52.0. The summed E-state index contributed by atoms with van der Waals surface area (Å²) in [6.45, 7) is 4.09. The van der Waals surface area contributed by atoms with Gasteiger partial charge in [-0.25, -0.2) is 0 Å². The van der Waals surface area contributed by atoms with E-state index in [1.807, 2.05) is 6.08 Å². The molecule has 0 saturated heterocycles. The number of rotatable bonds is 39. The second-order valence-electron chi connectivity index (χ2n) is 14.7. The standard InChI is InChI=1S/C51H85NO3/c1-3-5-7-9-11-13-14-15-16-17-18-19-20-21-22-23-24-25-26-27-28-29-30-31-32-33-34-35-36-37-38-39-41-43-45-47-51(55)52-49(48-53)50(54)46-44-42-40-12-10-8-6-4-2/h5,7,10-13,15-16,18-19,21-22,24-25,27-28,44,46,49-50,53-54H,3-4,6,8-9,14,17,20,23,26,29-43,45,47-48H2,1-2H3,(H,52,55)/b7-5-,12-10+,13-11-,16-15-,19-18-,22-21-,25-24-,28-27-,46-44+. The summed E-state index contributed by atoms with van der Waals surface area (Å²) < 4.78 is 0. The van der Waals surface area contributed by atoms with Crippen molar-refractivity contribution in [2.45, 2.75) is 199 Å². The van der Waals surface area contributed by atoms with Gasteiger partial charge in [-0.15, -0.1) is 0 Å². The summed E-state index contributed by atoms with van der Waals surface area (Å²) in [7, 11) is 0. The number of carbonyl (C=O) groups is 1. The number of carbonyl (C=O) groups excluding carboxylic acids is 1. The summed E-state index contributed by atoms with van der Waals surface area (Å²) in [6, 6.07) is -0.642. The molecule has 2 unspecified atom stereocenters. The van der Waals surface area contributed by atoms with Gasteiger partial charge in [-0.3, -0.25) is 4.79 Å². The van der Waals surface area contributed by atoms with Gasteiger partial charge < -0.3 is 15.5 Å². The maximum Gasteiger partial charge on any atom is 0.220 e. The van der Waals surface area contributed by atoms with E-state index in [4.69, 9.17) is 0 Å². The Morgan fingerprint density at radius 1 is 0.455 bits per heavy atom. The zero-order chi connectivity index (χ0) is 40.0. The first-order chi connectivity index (χ1) is 27.2. The normalized spacial score (nSPS) is 14.0. The lowest BCUT2D eigenvalue weighted by Gasteiger charge is -2.19. The lowest BCUT2D eigenvalue weighted by atomic mass is 10.0. The summed E-state index contributed by atoms with van der Waals surface area (Å²) in [6.07, 6.45) is 69.4. The minimum Gasteiger partial charge on any atom is -0.394 e. The van der Waals surface area contributed by atoms with Crippen molar-refractivity contribution in [3.8, 4) is 0 Å². The number of unbranched alkanes of at least 4 members (excludes halogenated alkanes) is 16. The van der Waals surface area contributed by atoms with Crippen molar-refractivity contribution in [2.24, 2.45) is 0 Å². The Bertz CT molecular complexity index is 1090. The van der Waals surface area contributed by atoms with Crippen molar-refractivity contribution in [1.82, 2.24) is 5.32 Å². The molecule has 0 aromatic rings. The first-order valence-electron chi connectivity index (χ1n) is 22.6. The second kappa shape index (κ2) is 45.4. The van der Waals surface area contributed by atoms with E-state index >= 15 is 0 Å². The zero-order valence-electron chi connectivity index (χ0n) is 35.6. The van der Waals surface area contributed by atoms with E-state index in [2.05, 4.69) is 116 Å². The van der Waals surface area contributed by atoms with E-state index in [9.17, 15) is 15.0 Å². The van der Waals surface area contributed by atoms with Crippen molar-refractivity contribution < 1.29 is 15.0 Å². The molecule has 3 N–H and O–H groups in total. The summed E-state index contributed by atoms with van der Waals surface area (Å²) in [4.78, 5) is 12.3. The smallest absolute Gasteiger partial charge is 0.220 e. The maximum atomic E-state index is 12.3. The fraction of sp³-hybridized carbons (Fsp3) is 0.627. The molecule has 55 heavy (non-hydrogen) atoms. The summed E-state index contributed by atoms with van der Waals surface area (Å²) in [5.41, 5.74) is 0. The molecule has 0 aromatic carbocycles. The van der Waals surface area contributed by atoms with Crippen LogP contribution in [-0.2, 0) is 4.79 Å². The molecule has 0 aromatic heterocycles. The highest BCUT2D eigenvalue weighted by molar-refractivity contribution is 5.76. The predicted octanol–water partition coefficient (Wildman–Crippen LogP) is 14.4. The fourth-order valence-electron chi connectivity index (χ4n) is 6.04. The fourth-order valence-corrected chi connectivity index (χ4v) is 6.04. The molecule has 0 heterocycles. The van der Waals surface area contributed by atoms with Crippen LogP contribution < -0.4 is 5.32 Å². The van der Waals surface area contributed by atoms with E-state index < -0.39 is 12.1 Å². The summed E-state index contributed by atoms with van der Waals surface area (Å²) in [5.74, 6) is -0.0846. The molecule has 0 fully saturated rings. The number of amides is 1. The van der Waals surface area contributed by atoms with E-state index in [-0.39, 0.29) is 12.5 Å². The third kappa shape index (κ3) is 42.0. The van der Waals surface area contributed by atoms with Gasteiger partial charge in [0.15, 0.2) is 0 Å². The second-order valence-corrected chi connectivity index (χ2v) is 14.7. The number of hydrogen-bond acceptors (Lipinski definition) is 3. The van der Waals surface area contributed by atoms with Gasteiger partial charge in [0, 0.05) is 6.42 Å². The topological polar surface area (TPSA) is 69.6 Å². The highest BCUT2D eigenvalue weighted by atomic mass is 16.3. The average Bonchev–Trinajstić information content (AvgIpc) is 3.19. The van der Waals surface area contributed by atoms with Gasteiger partial charge in [-0.05, 0) is 83.5 Å². The summed E-state index contributed by atoms with van der Waals surface area (Å²) >= 11 is 0. The Morgan fingerprint density at radius 3 is 1.27 bits per heavy atom. The van der Waals surface area contributed by atoms with E-state index in [0.717, 1.165) is 77.0 Å². The van der Waals surface area contributed by atoms with Crippen LogP contribution in [0.15, 0.2) is 109 Å². The van der Waals surface area contributed by atoms with Crippen LogP contribution in [0.2, 0.25) is 0 Å². The predicted molar refractivity (Wildman–Crippen MR) is 243 cm³/mol. The first-order valence-corrected chi connectivity index (χ1v) is 22.6. The molecule has 0 aliphatic carbocycles. The van der Waals surface area contributed by atoms with Gasteiger partial charge in [-0.2, -0.15) is 0 Å². The Labute approximate surface area is 340 Å². The monoisotopic (exact) mass is 760 g/mol. The lowest BCUT2D eigenvalue weighted by Crippen LogP contribution is -2.45. The molecule has 4 heteroatoms. The summed E-state index contributed by atoms with van der Waals surface area (Å²) in [5, 5.41) is 22.8. The third-order valence-electron chi connectivity index (χ3n) is 9.49. The number of hydrogen-bond donors (Lipinski definition) is 3. The van der Waals surface area contributed by atoms with Crippen LogP contribution in [0.25, 0.3) is 0 Å². The lowest BCUT2D eigenvalue weighted by molar-refractivity contribution is -0.123. The van der Waals surface area contributed by atoms with Gasteiger partial charge in [0.2, 0.25) is 5.91 Å². The highest BCUT2D eigenvalue weighted by Gasteiger charge is 2.17. The quantitative estimate of drug-likeness (QED) is 0.0432. The molecule has 4 nitrogen and oxygen atoms in total. The van der Waals surface area contributed by atoms with Crippen LogP contribution in [0.4, 0.5) is 0 Å². The molecule has 312 valence electrons. The molecular weight excluding hydrogens is 675 g/mol. The molecule has 0 rings (SSSR count). The van der Waals surface area contributed by atoms with Crippen molar-refractivity contribution >= 4 is 5.91 Å². The Balaban J connectivity index is 3.55. The molecular formula is C51H85NO3. The number of allylic oxidation sites excluding steroid dienone is 17. The van der Waals surface area contributed by atoms with Gasteiger partial charge in [0.25, 0.3) is 0 Å². The van der Waals surface area contributed by atoms with Crippen molar-refractivity contribution in [2.75, 3.05) is 6.61 Å². The number of aliphatic hydroxyl groups is 2. The van der Waals surface area contributed by atoms with Gasteiger partial charge >= 0.3 is 0 Å². The van der Waals surface area contributed by atoms with Crippen LogP contribution in [0.5, 0.6) is 0 Å². The van der Waals surface area contributed by atoms with Crippen LogP contribution >= 0.6 is 0 Å². The number of aliphatic hydroxyl groups excluding tert-OH is 2. The molecule has 0 radical (unpaired) electrons. The maximum absolute atomic E-state index is 12.3. The van der Waals surface area contributed by atoms with Crippen LogP contribution in [0, 0.1) is 0 Å².